The van der Waals surface area contributed by atoms with Crippen LogP contribution < -0.4 is 9.80 Å². The Balaban J connectivity index is 1.05. The van der Waals surface area contributed by atoms with Crippen LogP contribution in [0.15, 0.2) is 211 Å². The third-order valence-corrected chi connectivity index (χ3v) is 12.3. The van der Waals surface area contributed by atoms with Gasteiger partial charge in [0.15, 0.2) is 5.58 Å². The van der Waals surface area contributed by atoms with Crippen LogP contribution in [0.3, 0.4) is 0 Å². The number of fused-ring (bicyclic) bond motifs is 4. The highest BCUT2D eigenvalue weighted by molar-refractivity contribution is 6.11. The first kappa shape index (κ1) is 35.8. The number of benzene rings is 8. The Bertz CT molecular complexity index is 2830. The van der Waals surface area contributed by atoms with Crippen LogP contribution in [0.25, 0.3) is 44.4 Å². The molecule has 0 saturated heterocycles. The minimum absolute atomic E-state index is 0.324. The fraction of sp³-hybridized carbons (Fsp3) is 0.109. The minimum atomic E-state index is 0.324. The number of para-hydroxylation sites is 4. The van der Waals surface area contributed by atoms with Crippen LogP contribution in [0.4, 0.5) is 34.1 Å². The molecule has 60 heavy (non-hydrogen) atoms. The van der Waals surface area contributed by atoms with Gasteiger partial charge in [-0.2, -0.15) is 0 Å². The van der Waals surface area contributed by atoms with E-state index in [1.807, 2.05) is 18.2 Å². The van der Waals surface area contributed by atoms with Gasteiger partial charge in [-0.25, -0.2) is 4.98 Å². The predicted molar refractivity (Wildman–Crippen MR) is 249 cm³/mol. The summed E-state index contributed by atoms with van der Waals surface area (Å²) in [5.74, 6) is 1.08. The van der Waals surface area contributed by atoms with Gasteiger partial charge in [0.05, 0.1) is 0 Å². The Hall–Kier alpha value is -7.37. The maximum absolute atomic E-state index is 6.36. The summed E-state index contributed by atoms with van der Waals surface area (Å²) in [4.78, 5) is 9.57. The zero-order valence-corrected chi connectivity index (χ0v) is 33.3. The van der Waals surface area contributed by atoms with Crippen LogP contribution in [0.2, 0.25) is 0 Å². The summed E-state index contributed by atoms with van der Waals surface area (Å²) in [6.07, 6.45) is 4.48. The van der Waals surface area contributed by atoms with Crippen LogP contribution in [-0.2, 0) is 0 Å². The lowest BCUT2D eigenvalue weighted by Crippen LogP contribution is -2.18. The zero-order valence-electron chi connectivity index (χ0n) is 33.3. The number of anilines is 6. The summed E-state index contributed by atoms with van der Waals surface area (Å²) in [7, 11) is 0. The van der Waals surface area contributed by atoms with Gasteiger partial charge in [0.1, 0.15) is 5.52 Å². The van der Waals surface area contributed by atoms with E-state index < -0.39 is 0 Å². The normalized spacial score (nSPS) is 15.4. The van der Waals surface area contributed by atoms with Gasteiger partial charge in [-0.05, 0) is 140 Å². The molecular formula is C55H44N4O. The van der Waals surface area contributed by atoms with Crippen LogP contribution in [0.1, 0.15) is 43.2 Å². The summed E-state index contributed by atoms with van der Waals surface area (Å²) in [5.41, 5.74) is 13.4. The van der Waals surface area contributed by atoms with Crippen molar-refractivity contribution >= 4 is 67.0 Å². The van der Waals surface area contributed by atoms with Crippen LogP contribution >= 0.6 is 0 Å². The van der Waals surface area contributed by atoms with Crippen molar-refractivity contribution in [3.63, 3.8) is 0 Å². The SMILES string of the molecule is c1ccc(-c2nc3ccc(C4CCCC(n5c6ccc(N(c7ccccc7)c7ccccc7)cc6c6cc(N(c7ccccc7)c7ccccc7)ccc65)C4)cc3o2)cc1. The third kappa shape index (κ3) is 6.58. The van der Waals surface area contributed by atoms with Crippen molar-refractivity contribution < 1.29 is 4.42 Å². The van der Waals surface area contributed by atoms with Gasteiger partial charge in [-0.3, -0.25) is 0 Å². The lowest BCUT2D eigenvalue weighted by atomic mass is 9.81. The topological polar surface area (TPSA) is 37.4 Å². The highest BCUT2D eigenvalue weighted by Crippen LogP contribution is 2.47. The molecule has 0 spiro atoms. The van der Waals surface area contributed by atoms with Gasteiger partial charge in [0.25, 0.3) is 0 Å². The van der Waals surface area contributed by atoms with Crippen molar-refractivity contribution in [1.29, 1.82) is 0 Å². The monoisotopic (exact) mass is 776 g/mol. The van der Waals surface area contributed by atoms with E-state index in [9.17, 15) is 0 Å². The van der Waals surface area contributed by atoms with Crippen LogP contribution in [0, 0.1) is 0 Å². The molecule has 290 valence electrons. The fourth-order valence-electron chi connectivity index (χ4n) is 9.50. The standard InChI is InChI=1S/C55H44N4O/c1-6-17-39(18-7-1)55-56-51-32-29-41(36-54(51)60-55)40-19-16-28-46(35-40)59-52-33-30-47(57(42-20-8-2-9-21-42)43-22-10-3-11-23-43)37-49(52)50-38-48(31-34-53(50)59)58(44-24-12-4-13-25-44)45-26-14-5-15-27-45/h1-15,17-18,20-27,29-34,36-38,40,46H,16,19,28,35H2. The van der Waals surface area contributed by atoms with Gasteiger partial charge >= 0.3 is 0 Å². The quantitative estimate of drug-likeness (QED) is 0.146. The van der Waals surface area contributed by atoms with Crippen LogP contribution in [0.5, 0.6) is 0 Å². The molecule has 0 N–H and O–H groups in total. The van der Waals surface area contributed by atoms with E-state index in [-0.39, 0.29) is 0 Å². The maximum atomic E-state index is 6.36. The Morgan fingerprint density at radius 2 is 0.950 bits per heavy atom. The lowest BCUT2D eigenvalue weighted by Gasteiger charge is -2.32. The fourth-order valence-corrected chi connectivity index (χ4v) is 9.50. The number of rotatable bonds is 9. The van der Waals surface area contributed by atoms with E-state index in [2.05, 4.69) is 202 Å². The molecule has 10 aromatic rings. The summed E-state index contributed by atoms with van der Waals surface area (Å²) in [5, 5.41) is 2.50. The summed E-state index contributed by atoms with van der Waals surface area (Å²) >= 11 is 0. The van der Waals surface area contributed by atoms with Gasteiger partial charge in [-0.15, -0.1) is 0 Å². The second kappa shape index (κ2) is 15.4. The van der Waals surface area contributed by atoms with Gasteiger partial charge in [0.2, 0.25) is 5.89 Å². The number of hydrogen-bond acceptors (Lipinski definition) is 4. The molecule has 2 atom stereocenters. The molecule has 0 bridgehead atoms. The second-order valence-corrected chi connectivity index (χ2v) is 15.9. The highest BCUT2D eigenvalue weighted by Gasteiger charge is 2.29. The van der Waals surface area contributed by atoms with Gasteiger partial charge in [0, 0.05) is 67.5 Å². The molecule has 8 aromatic carbocycles. The summed E-state index contributed by atoms with van der Waals surface area (Å²) in [6, 6.07) is 74.1. The Labute approximate surface area is 350 Å². The van der Waals surface area contributed by atoms with Crippen molar-refractivity contribution in [2.45, 2.75) is 37.6 Å². The summed E-state index contributed by atoms with van der Waals surface area (Å²) < 4.78 is 9.03. The van der Waals surface area contributed by atoms with E-state index in [4.69, 9.17) is 9.40 Å². The first-order valence-corrected chi connectivity index (χ1v) is 21.1. The number of nitrogens with zero attached hydrogens (tertiary/aromatic N) is 4. The molecule has 5 nitrogen and oxygen atoms in total. The largest absolute Gasteiger partial charge is 0.436 e. The number of aromatic nitrogens is 2. The molecule has 1 aliphatic rings. The van der Waals surface area contributed by atoms with E-state index in [0.717, 1.165) is 76.5 Å². The van der Waals surface area contributed by atoms with E-state index in [0.29, 0.717) is 17.9 Å². The molecule has 1 fully saturated rings. The molecule has 1 saturated carbocycles. The highest BCUT2D eigenvalue weighted by atomic mass is 16.3. The average Bonchev–Trinajstić information content (AvgIpc) is 3.90. The van der Waals surface area contributed by atoms with E-state index >= 15 is 0 Å². The average molecular weight is 777 g/mol. The predicted octanol–water partition coefficient (Wildman–Crippen LogP) is 15.4. The Morgan fingerprint density at radius 1 is 0.467 bits per heavy atom. The summed E-state index contributed by atoms with van der Waals surface area (Å²) in [6.45, 7) is 0. The van der Waals surface area contributed by atoms with Crippen molar-refractivity contribution in [1.82, 2.24) is 9.55 Å². The molecule has 1 aliphatic carbocycles. The number of oxazole rings is 1. The van der Waals surface area contributed by atoms with Crippen molar-refractivity contribution in [2.75, 3.05) is 9.80 Å². The lowest BCUT2D eigenvalue weighted by molar-refractivity contribution is 0.331. The molecule has 0 radical (unpaired) electrons. The minimum Gasteiger partial charge on any atom is -0.436 e. The third-order valence-electron chi connectivity index (χ3n) is 12.3. The molecular weight excluding hydrogens is 733 g/mol. The smallest absolute Gasteiger partial charge is 0.227 e. The van der Waals surface area contributed by atoms with Crippen molar-refractivity contribution in [2.24, 2.45) is 0 Å². The van der Waals surface area contributed by atoms with Gasteiger partial charge < -0.3 is 18.8 Å². The molecule has 11 rings (SSSR count). The molecule has 0 aliphatic heterocycles. The molecule has 2 aromatic heterocycles. The van der Waals surface area contributed by atoms with Crippen molar-refractivity contribution in [3.8, 4) is 11.5 Å². The zero-order chi connectivity index (χ0) is 39.8. The molecule has 5 heteroatoms. The van der Waals surface area contributed by atoms with E-state index in [1.165, 1.54) is 27.4 Å². The first-order chi connectivity index (χ1) is 29.7. The maximum Gasteiger partial charge on any atom is 0.227 e. The van der Waals surface area contributed by atoms with Crippen molar-refractivity contribution in [3.05, 3.63) is 212 Å². The molecule has 2 unspecified atom stereocenters. The first-order valence-electron chi connectivity index (χ1n) is 21.1. The van der Waals surface area contributed by atoms with Crippen LogP contribution in [-0.4, -0.2) is 9.55 Å². The Morgan fingerprint density at radius 3 is 1.45 bits per heavy atom. The number of hydrogen-bond donors (Lipinski definition) is 0. The van der Waals surface area contributed by atoms with E-state index in [1.54, 1.807) is 0 Å². The molecule has 0 amide bonds. The Kier molecular flexibility index (Phi) is 9.19. The van der Waals surface area contributed by atoms with Gasteiger partial charge in [-0.1, -0.05) is 103 Å². The molecule has 2 heterocycles. The second-order valence-electron chi connectivity index (χ2n) is 15.9.